The molecule has 0 spiro atoms. The topological polar surface area (TPSA) is 9.23 Å². The van der Waals surface area contributed by atoms with Crippen LogP contribution in [0.1, 0.15) is 26.7 Å². The van der Waals surface area contributed by atoms with Gasteiger partial charge in [0.25, 0.3) is 0 Å². The van der Waals surface area contributed by atoms with Crippen LogP contribution in [0.3, 0.4) is 0 Å². The summed E-state index contributed by atoms with van der Waals surface area (Å²) in [5.41, 5.74) is 2.02. The molecule has 1 atom stereocenters. The quantitative estimate of drug-likeness (QED) is 0.591. The van der Waals surface area contributed by atoms with Crippen molar-refractivity contribution in [1.29, 1.82) is 0 Å². The highest BCUT2D eigenvalue weighted by molar-refractivity contribution is 5.37. The maximum atomic E-state index is 5.61. The van der Waals surface area contributed by atoms with Crippen LogP contribution in [0.4, 0.5) is 0 Å². The van der Waals surface area contributed by atoms with E-state index in [9.17, 15) is 0 Å². The van der Waals surface area contributed by atoms with Crippen LogP contribution in [0, 0.1) is 0 Å². The predicted molar refractivity (Wildman–Crippen MR) is 47.5 cm³/mol. The first-order valence-corrected chi connectivity index (χ1v) is 4.11. The Bertz CT molecular complexity index is 193. The molecule has 0 N–H and O–H groups in total. The van der Waals surface area contributed by atoms with Crippen molar-refractivity contribution in [3.8, 4) is 0 Å². The van der Waals surface area contributed by atoms with Gasteiger partial charge in [-0.2, -0.15) is 0 Å². The largest absolute Gasteiger partial charge is 0.366 e. The molecule has 11 heavy (non-hydrogen) atoms. The molecule has 0 amide bonds. The van der Waals surface area contributed by atoms with Gasteiger partial charge in [-0.1, -0.05) is 26.5 Å². The molecular formula is C10H16O. The lowest BCUT2D eigenvalue weighted by Gasteiger charge is -2.23. The summed E-state index contributed by atoms with van der Waals surface area (Å²) in [6.07, 6.45) is 2.17. The lowest BCUT2D eigenvalue weighted by Crippen LogP contribution is -2.24. The Morgan fingerprint density at radius 3 is 2.55 bits per heavy atom. The summed E-state index contributed by atoms with van der Waals surface area (Å²) in [4.78, 5) is 0. The van der Waals surface area contributed by atoms with E-state index in [-0.39, 0.29) is 5.60 Å². The first kappa shape index (κ1) is 8.54. The minimum Gasteiger partial charge on any atom is -0.366 e. The Morgan fingerprint density at radius 1 is 1.55 bits per heavy atom. The van der Waals surface area contributed by atoms with E-state index in [1.165, 1.54) is 0 Å². The molecule has 1 rings (SSSR count). The lowest BCUT2D eigenvalue weighted by molar-refractivity contribution is 0.0354. The van der Waals surface area contributed by atoms with Crippen LogP contribution in [0.2, 0.25) is 0 Å². The van der Waals surface area contributed by atoms with Crippen molar-refractivity contribution in [2.45, 2.75) is 32.3 Å². The van der Waals surface area contributed by atoms with Crippen LogP contribution in [0.5, 0.6) is 0 Å². The van der Waals surface area contributed by atoms with E-state index >= 15 is 0 Å². The standard InChI is InChI=1S/C10H16O/c1-5-6-10(4)9(3)8(2)7-11-10/h2-3,5-7H2,1,4H3. The molecule has 1 heteroatoms. The van der Waals surface area contributed by atoms with Crippen molar-refractivity contribution in [1.82, 2.24) is 0 Å². The van der Waals surface area contributed by atoms with Gasteiger partial charge < -0.3 is 4.74 Å². The van der Waals surface area contributed by atoms with Crippen molar-refractivity contribution in [3.05, 3.63) is 24.3 Å². The van der Waals surface area contributed by atoms with Gasteiger partial charge in [0.05, 0.1) is 12.2 Å². The highest BCUT2D eigenvalue weighted by Gasteiger charge is 2.34. The highest BCUT2D eigenvalue weighted by Crippen LogP contribution is 2.36. The van der Waals surface area contributed by atoms with Crippen molar-refractivity contribution in [2.24, 2.45) is 0 Å². The first-order valence-electron chi connectivity index (χ1n) is 4.11. The predicted octanol–water partition coefficient (Wildman–Crippen LogP) is 2.69. The Balaban J connectivity index is 2.73. The summed E-state index contributed by atoms with van der Waals surface area (Å²) < 4.78 is 5.61. The third kappa shape index (κ3) is 1.38. The Labute approximate surface area is 68.8 Å². The molecule has 1 unspecified atom stereocenters. The van der Waals surface area contributed by atoms with Crippen molar-refractivity contribution in [3.63, 3.8) is 0 Å². The zero-order valence-electron chi connectivity index (χ0n) is 7.44. The highest BCUT2D eigenvalue weighted by atomic mass is 16.5. The zero-order chi connectivity index (χ0) is 8.48. The maximum absolute atomic E-state index is 5.61. The minimum atomic E-state index is -0.119. The van der Waals surface area contributed by atoms with Crippen LogP contribution in [-0.4, -0.2) is 12.2 Å². The first-order chi connectivity index (χ1) is 5.10. The molecule has 1 heterocycles. The van der Waals surface area contributed by atoms with Crippen molar-refractivity contribution in [2.75, 3.05) is 6.61 Å². The molecule has 1 fully saturated rings. The number of hydrogen-bond acceptors (Lipinski definition) is 1. The smallest absolute Gasteiger partial charge is 0.0905 e. The van der Waals surface area contributed by atoms with Crippen LogP contribution in [0.25, 0.3) is 0 Å². The summed E-state index contributed by atoms with van der Waals surface area (Å²) in [5, 5.41) is 0. The SMILES string of the molecule is C=C1COC(C)(CCC)C1=C. The van der Waals surface area contributed by atoms with Gasteiger partial charge in [-0.15, -0.1) is 0 Å². The summed E-state index contributed by atoms with van der Waals surface area (Å²) in [6.45, 7) is 12.8. The summed E-state index contributed by atoms with van der Waals surface area (Å²) in [5.74, 6) is 0. The fourth-order valence-corrected chi connectivity index (χ4v) is 1.49. The summed E-state index contributed by atoms with van der Waals surface area (Å²) in [7, 11) is 0. The molecular weight excluding hydrogens is 136 g/mol. The fourth-order valence-electron chi connectivity index (χ4n) is 1.49. The molecule has 1 aliphatic rings. The minimum absolute atomic E-state index is 0.119. The van der Waals surface area contributed by atoms with Gasteiger partial charge in [0.15, 0.2) is 0 Å². The molecule has 0 aliphatic carbocycles. The van der Waals surface area contributed by atoms with Gasteiger partial charge in [0.1, 0.15) is 0 Å². The average Bonchev–Trinajstić information content (AvgIpc) is 2.19. The fraction of sp³-hybridized carbons (Fsp3) is 0.600. The van der Waals surface area contributed by atoms with E-state index in [1.54, 1.807) is 0 Å². The third-order valence-electron chi connectivity index (χ3n) is 2.36. The van der Waals surface area contributed by atoms with E-state index in [1.807, 2.05) is 0 Å². The number of ether oxygens (including phenoxy) is 1. The number of rotatable bonds is 2. The van der Waals surface area contributed by atoms with Gasteiger partial charge in [0, 0.05) is 0 Å². The van der Waals surface area contributed by atoms with E-state index in [0.29, 0.717) is 6.61 Å². The molecule has 1 nitrogen and oxygen atoms in total. The number of hydrogen-bond donors (Lipinski definition) is 0. The van der Waals surface area contributed by atoms with Crippen molar-refractivity contribution < 1.29 is 4.74 Å². The molecule has 62 valence electrons. The van der Waals surface area contributed by atoms with Crippen LogP contribution in [0.15, 0.2) is 24.3 Å². The van der Waals surface area contributed by atoms with E-state index in [0.717, 1.165) is 24.0 Å². The van der Waals surface area contributed by atoms with Crippen LogP contribution >= 0.6 is 0 Å². The second-order valence-electron chi connectivity index (χ2n) is 3.35. The zero-order valence-corrected chi connectivity index (χ0v) is 7.44. The monoisotopic (exact) mass is 152 g/mol. The van der Waals surface area contributed by atoms with Gasteiger partial charge in [-0.25, -0.2) is 0 Å². The molecule has 0 saturated carbocycles. The second-order valence-corrected chi connectivity index (χ2v) is 3.35. The van der Waals surface area contributed by atoms with Crippen LogP contribution < -0.4 is 0 Å². The maximum Gasteiger partial charge on any atom is 0.0905 e. The lowest BCUT2D eigenvalue weighted by atomic mass is 9.91. The average molecular weight is 152 g/mol. The van der Waals surface area contributed by atoms with Crippen LogP contribution in [-0.2, 0) is 4.74 Å². The molecule has 1 aliphatic heterocycles. The Morgan fingerprint density at radius 2 is 2.18 bits per heavy atom. The summed E-state index contributed by atoms with van der Waals surface area (Å²) in [6, 6.07) is 0. The van der Waals surface area contributed by atoms with Gasteiger partial charge in [-0.05, 0) is 24.5 Å². The normalized spacial score (nSPS) is 31.5. The van der Waals surface area contributed by atoms with E-state index < -0.39 is 0 Å². The van der Waals surface area contributed by atoms with Crippen molar-refractivity contribution >= 4 is 0 Å². The third-order valence-corrected chi connectivity index (χ3v) is 2.36. The van der Waals surface area contributed by atoms with Gasteiger partial charge in [0.2, 0.25) is 0 Å². The van der Waals surface area contributed by atoms with Gasteiger partial charge >= 0.3 is 0 Å². The Hall–Kier alpha value is -0.560. The molecule has 0 radical (unpaired) electrons. The molecule has 1 saturated heterocycles. The van der Waals surface area contributed by atoms with E-state index in [4.69, 9.17) is 4.74 Å². The van der Waals surface area contributed by atoms with E-state index in [2.05, 4.69) is 27.0 Å². The molecule has 0 bridgehead atoms. The van der Waals surface area contributed by atoms with Gasteiger partial charge in [-0.3, -0.25) is 0 Å². The molecule has 0 aromatic heterocycles. The molecule has 0 aromatic carbocycles. The molecule has 0 aromatic rings. The summed E-state index contributed by atoms with van der Waals surface area (Å²) >= 11 is 0. The second kappa shape index (κ2) is 2.82. The Kier molecular flexibility index (Phi) is 2.19.